The van der Waals surface area contributed by atoms with Crippen molar-refractivity contribution in [3.63, 3.8) is 0 Å². The van der Waals surface area contributed by atoms with Gasteiger partial charge in [0.1, 0.15) is 0 Å². The summed E-state index contributed by atoms with van der Waals surface area (Å²) >= 11 is 0. The Morgan fingerprint density at radius 1 is 1.12 bits per heavy atom. The van der Waals surface area contributed by atoms with Gasteiger partial charge in [-0.3, -0.25) is 8.42 Å². The minimum absolute atomic E-state index is 0. The first-order chi connectivity index (χ1) is 2.00. The Kier molecular flexibility index (Phi) is 24.6. The second-order valence-electron chi connectivity index (χ2n) is 0.408. The fraction of sp³-hybridized carbons (Fsp3) is 0. The Hall–Kier alpha value is 1.71. The molecule has 0 radical (unpaired) electrons. The molecular formula is CaO5SZn. The van der Waals surface area contributed by atoms with E-state index in [1.807, 2.05) is 0 Å². The smallest absolute Gasteiger partial charge is 2.00 e. The van der Waals surface area contributed by atoms with E-state index >= 15 is 0 Å². The molecule has 0 unspecified atom stereocenters. The van der Waals surface area contributed by atoms with E-state index in [4.69, 9.17) is 17.5 Å². The van der Waals surface area contributed by atoms with Crippen LogP contribution in [0.15, 0.2) is 0 Å². The zero-order valence-electron chi connectivity index (χ0n) is 3.86. The first kappa shape index (κ1) is 22.6. The second-order valence-corrected chi connectivity index (χ2v) is 1.22. The Morgan fingerprint density at radius 2 is 1.12 bits per heavy atom. The molecule has 0 aliphatic carbocycles. The number of rotatable bonds is 0. The van der Waals surface area contributed by atoms with Gasteiger partial charge in [-0.05, 0) is 0 Å². The van der Waals surface area contributed by atoms with Crippen LogP contribution in [0.5, 0.6) is 0 Å². The standard InChI is InChI=1S/Ca.H2O4S.O.Zn/c;1-5(2,3)4;;/h;(H2,1,2,3,4);;/q+2;;-2;+2/p-2. The number of hydrogen-bond acceptors (Lipinski definition) is 4. The Bertz CT molecular complexity index is 95.6. The average Bonchev–Trinajstić information content (AvgIpc) is 0.722. The van der Waals surface area contributed by atoms with E-state index in [2.05, 4.69) is 0 Å². The fourth-order valence-corrected chi connectivity index (χ4v) is 0. The Labute approximate surface area is 89.5 Å². The molecule has 0 N–H and O–H groups in total. The molecule has 0 amide bonds. The molecule has 0 bridgehead atoms. The van der Waals surface area contributed by atoms with Gasteiger partial charge >= 0.3 is 57.2 Å². The van der Waals surface area contributed by atoms with Gasteiger partial charge in [0.2, 0.25) is 0 Å². The third-order valence-corrected chi connectivity index (χ3v) is 0. The van der Waals surface area contributed by atoms with Crippen molar-refractivity contribution in [2.45, 2.75) is 0 Å². The maximum Gasteiger partial charge on any atom is 2.00 e. The van der Waals surface area contributed by atoms with Crippen LogP contribution < -0.4 is 0 Å². The van der Waals surface area contributed by atoms with Gasteiger partial charge in [0.05, 0.1) is 0 Å². The molecule has 0 aromatic carbocycles. The Morgan fingerprint density at radius 3 is 1.12 bits per heavy atom. The molecule has 0 fully saturated rings. The molecule has 0 aromatic heterocycles. The van der Waals surface area contributed by atoms with Crippen LogP contribution in [-0.4, -0.2) is 55.3 Å². The van der Waals surface area contributed by atoms with E-state index in [1.54, 1.807) is 0 Å². The maximum atomic E-state index is 8.52. The summed E-state index contributed by atoms with van der Waals surface area (Å²) < 4.78 is 34.1. The van der Waals surface area contributed by atoms with Crippen molar-refractivity contribution in [3.05, 3.63) is 0 Å². The van der Waals surface area contributed by atoms with Gasteiger partial charge in [-0.25, -0.2) is 0 Å². The van der Waals surface area contributed by atoms with Crippen molar-refractivity contribution < 1.29 is 42.5 Å². The van der Waals surface area contributed by atoms with E-state index in [0.29, 0.717) is 0 Å². The molecule has 40 valence electrons. The molecule has 0 rings (SSSR count). The van der Waals surface area contributed by atoms with Crippen LogP contribution >= 0.6 is 0 Å². The molecule has 8 heteroatoms. The van der Waals surface area contributed by atoms with Gasteiger partial charge < -0.3 is 14.6 Å². The minimum atomic E-state index is -5.17. The van der Waals surface area contributed by atoms with Gasteiger partial charge in [-0.15, -0.1) is 0 Å². The van der Waals surface area contributed by atoms with Crippen LogP contribution in [-0.2, 0) is 35.4 Å². The van der Waals surface area contributed by atoms with E-state index < -0.39 is 10.4 Å². The number of hydrogen-bond donors (Lipinski definition) is 0. The third kappa shape index (κ3) is 118. The van der Waals surface area contributed by atoms with E-state index in [0.717, 1.165) is 0 Å². The largest absolute Gasteiger partial charge is 2.00 e. The van der Waals surface area contributed by atoms with Gasteiger partial charge in [0, 0.05) is 10.4 Å². The minimum Gasteiger partial charge on any atom is -2.00 e. The molecule has 0 saturated carbocycles. The van der Waals surface area contributed by atoms with E-state index in [1.165, 1.54) is 0 Å². The maximum absolute atomic E-state index is 8.52. The molecule has 0 spiro atoms. The van der Waals surface area contributed by atoms with Crippen LogP contribution in [0.1, 0.15) is 0 Å². The summed E-state index contributed by atoms with van der Waals surface area (Å²) in [6, 6.07) is 0. The predicted octanol–water partition coefficient (Wildman–Crippen LogP) is -1.84. The van der Waals surface area contributed by atoms with E-state index in [-0.39, 0.29) is 62.7 Å². The van der Waals surface area contributed by atoms with Crippen molar-refractivity contribution in [1.29, 1.82) is 0 Å². The summed E-state index contributed by atoms with van der Waals surface area (Å²) in [6.07, 6.45) is 0. The van der Waals surface area contributed by atoms with Crippen LogP contribution in [0.3, 0.4) is 0 Å². The van der Waals surface area contributed by atoms with Crippen molar-refractivity contribution in [1.82, 2.24) is 0 Å². The van der Waals surface area contributed by atoms with Crippen molar-refractivity contribution in [3.8, 4) is 0 Å². The molecule has 0 saturated heterocycles. The van der Waals surface area contributed by atoms with Gasteiger partial charge in [-0.1, -0.05) is 0 Å². The van der Waals surface area contributed by atoms with E-state index in [9.17, 15) is 0 Å². The summed E-state index contributed by atoms with van der Waals surface area (Å²) in [5.41, 5.74) is 0. The molecule has 8 heavy (non-hydrogen) atoms. The summed E-state index contributed by atoms with van der Waals surface area (Å²) in [6.45, 7) is 0. The van der Waals surface area contributed by atoms with Gasteiger partial charge in [0.15, 0.2) is 0 Å². The topological polar surface area (TPSA) is 109 Å². The molecule has 0 atom stereocenters. The van der Waals surface area contributed by atoms with Gasteiger partial charge in [-0.2, -0.15) is 0 Å². The zero-order valence-corrected chi connectivity index (χ0v) is 9.86. The second kappa shape index (κ2) is 8.71. The molecule has 0 aromatic rings. The SMILES string of the molecule is O=S(=O)([O-])[O-].[Ca+2].[O-2].[Zn+2]. The van der Waals surface area contributed by atoms with Crippen LogP contribution in [0.25, 0.3) is 0 Å². The predicted molar refractivity (Wildman–Crippen MR) is 16.9 cm³/mol. The molecule has 0 aliphatic rings. The summed E-state index contributed by atoms with van der Waals surface area (Å²) in [5, 5.41) is 0. The van der Waals surface area contributed by atoms with Crippen LogP contribution in [0, 0.1) is 0 Å². The quantitative estimate of drug-likeness (QED) is 0.270. The third-order valence-electron chi connectivity index (χ3n) is 0. The van der Waals surface area contributed by atoms with Crippen LogP contribution in [0.4, 0.5) is 0 Å². The summed E-state index contributed by atoms with van der Waals surface area (Å²) in [7, 11) is -5.17. The van der Waals surface area contributed by atoms with Crippen molar-refractivity contribution in [2.75, 3.05) is 0 Å². The Balaban J connectivity index is -0.0000000267. The molecular weight excluding hydrogens is 218 g/mol. The normalized spacial score (nSPS) is 7.25. The molecule has 0 heterocycles. The molecule has 0 aliphatic heterocycles. The first-order valence-corrected chi connectivity index (χ1v) is 2.00. The van der Waals surface area contributed by atoms with Crippen LogP contribution in [0.2, 0.25) is 0 Å². The van der Waals surface area contributed by atoms with Gasteiger partial charge in [0.25, 0.3) is 0 Å². The van der Waals surface area contributed by atoms with Crippen molar-refractivity contribution in [2.24, 2.45) is 0 Å². The summed E-state index contributed by atoms with van der Waals surface area (Å²) in [5.74, 6) is 0. The first-order valence-electron chi connectivity index (χ1n) is 0.667. The zero-order chi connectivity index (χ0) is 4.50. The fourth-order valence-electron chi connectivity index (χ4n) is 0. The monoisotopic (exact) mass is 216 g/mol. The van der Waals surface area contributed by atoms with Crippen molar-refractivity contribution >= 4 is 48.1 Å². The average molecular weight is 218 g/mol. The molecule has 5 nitrogen and oxygen atoms in total. The summed E-state index contributed by atoms with van der Waals surface area (Å²) in [4.78, 5) is 0.